The van der Waals surface area contributed by atoms with Crippen LogP contribution in [0.2, 0.25) is 0 Å². The Balaban J connectivity index is 1.43. The molecule has 140 valence electrons. The van der Waals surface area contributed by atoms with Crippen LogP contribution in [0.15, 0.2) is 57.7 Å². The van der Waals surface area contributed by atoms with Gasteiger partial charge in [-0.05, 0) is 54.7 Å². The van der Waals surface area contributed by atoms with Crippen molar-refractivity contribution in [3.63, 3.8) is 0 Å². The number of nitrogens with zero attached hydrogens (tertiary/aromatic N) is 1. The Labute approximate surface area is 159 Å². The molecule has 1 atom stereocenters. The zero-order chi connectivity index (χ0) is 18.8. The van der Waals surface area contributed by atoms with Gasteiger partial charge in [-0.3, -0.25) is 4.90 Å². The number of likely N-dealkylation sites (tertiary alicyclic amines) is 1. The number of hydrogen-bond donors (Lipinski definition) is 1. The van der Waals surface area contributed by atoms with E-state index in [4.69, 9.17) is 4.42 Å². The molecule has 27 heavy (non-hydrogen) atoms. The number of fused-ring (bicyclic) bond motifs is 1. The van der Waals surface area contributed by atoms with Crippen molar-refractivity contribution < 1.29 is 4.42 Å². The number of nitrogens with one attached hydrogen (secondary N) is 1. The lowest BCUT2D eigenvalue weighted by Gasteiger charge is -2.17. The van der Waals surface area contributed by atoms with E-state index in [0.717, 1.165) is 42.6 Å². The van der Waals surface area contributed by atoms with E-state index in [0.29, 0.717) is 18.2 Å². The van der Waals surface area contributed by atoms with Crippen LogP contribution in [0.25, 0.3) is 11.0 Å². The average Bonchev–Trinajstić information content (AvgIpc) is 3.09. The Morgan fingerprint density at radius 1 is 1.11 bits per heavy atom. The van der Waals surface area contributed by atoms with Crippen molar-refractivity contribution in [1.82, 2.24) is 10.2 Å². The van der Waals surface area contributed by atoms with Crippen LogP contribution in [0.4, 0.5) is 0 Å². The summed E-state index contributed by atoms with van der Waals surface area (Å²) in [6, 6.07) is 16.8. The van der Waals surface area contributed by atoms with Gasteiger partial charge >= 0.3 is 5.63 Å². The molecule has 0 radical (unpaired) electrons. The highest BCUT2D eigenvalue weighted by atomic mass is 16.4. The first-order chi connectivity index (χ1) is 13.1. The quantitative estimate of drug-likeness (QED) is 0.702. The van der Waals surface area contributed by atoms with Crippen molar-refractivity contribution in [2.24, 2.45) is 0 Å². The van der Waals surface area contributed by atoms with Crippen LogP contribution in [0.1, 0.15) is 28.7 Å². The lowest BCUT2D eigenvalue weighted by Crippen LogP contribution is -2.32. The zero-order valence-corrected chi connectivity index (χ0v) is 16.0. The van der Waals surface area contributed by atoms with Gasteiger partial charge in [0.05, 0.1) is 0 Å². The molecule has 1 aliphatic rings. The largest absolute Gasteiger partial charge is 0.423 e. The van der Waals surface area contributed by atoms with Gasteiger partial charge in [0.1, 0.15) is 5.58 Å². The highest BCUT2D eigenvalue weighted by Gasteiger charge is 2.22. The lowest BCUT2D eigenvalue weighted by molar-refractivity contribution is 0.320. The number of aryl methyl sites for hydroxylation is 2. The summed E-state index contributed by atoms with van der Waals surface area (Å²) in [4.78, 5) is 14.4. The van der Waals surface area contributed by atoms with Crippen LogP contribution in [0.5, 0.6) is 0 Å². The summed E-state index contributed by atoms with van der Waals surface area (Å²) in [6.07, 6.45) is 1.13. The Morgan fingerprint density at radius 3 is 2.70 bits per heavy atom. The van der Waals surface area contributed by atoms with E-state index in [1.807, 2.05) is 13.0 Å². The second kappa shape index (κ2) is 7.67. The van der Waals surface area contributed by atoms with Crippen molar-refractivity contribution in [2.45, 2.75) is 39.4 Å². The van der Waals surface area contributed by atoms with Crippen molar-refractivity contribution in [2.75, 3.05) is 13.1 Å². The zero-order valence-electron chi connectivity index (χ0n) is 16.0. The standard InChI is InChI=1S/C23H26N2O2/c1-16-10-21-19(12-23(26)27-22(21)11-17(16)2)13-24-20-8-9-25(15-20)14-18-6-4-3-5-7-18/h3-7,10-12,20,24H,8-9,13-15H2,1-2H3/t20-/m1/s1. The van der Waals surface area contributed by atoms with Gasteiger partial charge in [-0.1, -0.05) is 30.3 Å². The third-order valence-electron chi connectivity index (χ3n) is 5.55. The van der Waals surface area contributed by atoms with Gasteiger partial charge in [-0.25, -0.2) is 4.79 Å². The topological polar surface area (TPSA) is 45.5 Å². The molecule has 0 unspecified atom stereocenters. The second-order valence-corrected chi connectivity index (χ2v) is 7.61. The first-order valence-corrected chi connectivity index (χ1v) is 9.62. The highest BCUT2D eigenvalue weighted by Crippen LogP contribution is 2.22. The van der Waals surface area contributed by atoms with Crippen LogP contribution in [0.3, 0.4) is 0 Å². The molecule has 0 amide bonds. The van der Waals surface area contributed by atoms with Crippen molar-refractivity contribution in [1.29, 1.82) is 0 Å². The normalized spacial score (nSPS) is 17.6. The van der Waals surface area contributed by atoms with E-state index in [9.17, 15) is 4.79 Å². The maximum Gasteiger partial charge on any atom is 0.336 e. The fraction of sp³-hybridized carbons (Fsp3) is 0.348. The van der Waals surface area contributed by atoms with E-state index in [-0.39, 0.29) is 5.63 Å². The Morgan fingerprint density at radius 2 is 1.89 bits per heavy atom. The minimum absolute atomic E-state index is 0.278. The average molecular weight is 362 g/mol. The molecule has 3 aromatic rings. The molecule has 1 aromatic heterocycles. The number of hydrogen-bond acceptors (Lipinski definition) is 4. The predicted octanol–water partition coefficient (Wildman–Crippen LogP) is 3.77. The van der Waals surface area contributed by atoms with Crippen LogP contribution < -0.4 is 10.9 Å². The molecule has 0 spiro atoms. The maximum atomic E-state index is 11.9. The Kier molecular flexibility index (Phi) is 5.10. The van der Waals surface area contributed by atoms with Crippen molar-refractivity contribution in [3.05, 3.63) is 81.2 Å². The van der Waals surface area contributed by atoms with Gasteiger partial charge < -0.3 is 9.73 Å². The van der Waals surface area contributed by atoms with E-state index >= 15 is 0 Å². The summed E-state index contributed by atoms with van der Waals surface area (Å²) in [6.45, 7) is 7.95. The summed E-state index contributed by atoms with van der Waals surface area (Å²) in [5.41, 5.74) is 5.14. The van der Waals surface area contributed by atoms with Gasteiger partial charge in [0, 0.05) is 43.7 Å². The lowest BCUT2D eigenvalue weighted by atomic mass is 10.0. The van der Waals surface area contributed by atoms with E-state index < -0.39 is 0 Å². The molecule has 4 nitrogen and oxygen atoms in total. The van der Waals surface area contributed by atoms with Crippen molar-refractivity contribution in [3.8, 4) is 0 Å². The Bertz CT molecular complexity index is 994. The third kappa shape index (κ3) is 4.12. The summed E-state index contributed by atoms with van der Waals surface area (Å²) in [5.74, 6) is 0. The molecule has 1 saturated heterocycles. The fourth-order valence-electron chi connectivity index (χ4n) is 3.87. The van der Waals surface area contributed by atoms with Crippen LogP contribution >= 0.6 is 0 Å². The molecule has 2 heterocycles. The second-order valence-electron chi connectivity index (χ2n) is 7.61. The van der Waals surface area contributed by atoms with Gasteiger partial charge in [-0.15, -0.1) is 0 Å². The number of benzene rings is 2. The van der Waals surface area contributed by atoms with E-state index in [2.05, 4.69) is 53.5 Å². The molecule has 0 saturated carbocycles. The predicted molar refractivity (Wildman–Crippen MR) is 109 cm³/mol. The highest BCUT2D eigenvalue weighted by molar-refractivity contribution is 5.81. The molecule has 1 fully saturated rings. The molecule has 4 heteroatoms. The van der Waals surface area contributed by atoms with Crippen LogP contribution in [0, 0.1) is 13.8 Å². The number of rotatable bonds is 5. The molecule has 1 N–H and O–H groups in total. The molecule has 4 rings (SSSR count). The van der Waals surface area contributed by atoms with Crippen LogP contribution in [-0.4, -0.2) is 24.0 Å². The smallest absolute Gasteiger partial charge is 0.336 e. The van der Waals surface area contributed by atoms with Gasteiger partial charge in [0.25, 0.3) is 0 Å². The fourth-order valence-corrected chi connectivity index (χ4v) is 3.87. The third-order valence-corrected chi connectivity index (χ3v) is 5.55. The molecular formula is C23H26N2O2. The van der Waals surface area contributed by atoms with E-state index in [1.165, 1.54) is 11.1 Å². The molecular weight excluding hydrogens is 336 g/mol. The maximum absolute atomic E-state index is 11.9. The van der Waals surface area contributed by atoms with Gasteiger partial charge in [-0.2, -0.15) is 0 Å². The summed E-state index contributed by atoms with van der Waals surface area (Å²) >= 11 is 0. The monoisotopic (exact) mass is 362 g/mol. The molecule has 0 aliphatic carbocycles. The molecule has 2 aromatic carbocycles. The van der Waals surface area contributed by atoms with Gasteiger partial charge in [0.2, 0.25) is 0 Å². The summed E-state index contributed by atoms with van der Waals surface area (Å²) in [7, 11) is 0. The molecule has 1 aliphatic heterocycles. The van der Waals surface area contributed by atoms with Gasteiger partial charge in [0.15, 0.2) is 0 Å². The summed E-state index contributed by atoms with van der Waals surface area (Å²) in [5, 5.41) is 4.68. The summed E-state index contributed by atoms with van der Waals surface area (Å²) < 4.78 is 5.40. The first kappa shape index (κ1) is 18.0. The Hall–Kier alpha value is -2.43. The minimum atomic E-state index is -0.278. The van der Waals surface area contributed by atoms with Crippen LogP contribution in [-0.2, 0) is 13.1 Å². The molecule has 0 bridgehead atoms. The van der Waals surface area contributed by atoms with E-state index in [1.54, 1.807) is 6.07 Å². The first-order valence-electron chi connectivity index (χ1n) is 9.62. The SMILES string of the molecule is Cc1cc2oc(=O)cc(CN[C@@H]3CCN(Cc4ccccc4)C3)c2cc1C. The minimum Gasteiger partial charge on any atom is -0.423 e. The van der Waals surface area contributed by atoms with Crippen molar-refractivity contribution >= 4 is 11.0 Å².